The van der Waals surface area contributed by atoms with Crippen LogP contribution in [-0.4, -0.2) is 45.4 Å². The first-order valence-corrected chi connectivity index (χ1v) is 9.30. The number of para-hydroxylation sites is 2. The molecule has 1 aliphatic heterocycles. The zero-order valence-electron chi connectivity index (χ0n) is 14.1. The van der Waals surface area contributed by atoms with Gasteiger partial charge >= 0.3 is 6.36 Å². The van der Waals surface area contributed by atoms with E-state index in [1.807, 2.05) is 0 Å². The summed E-state index contributed by atoms with van der Waals surface area (Å²) in [5.74, 6) is 0.609. The lowest BCUT2D eigenvalue weighted by Crippen LogP contribution is -2.41. The van der Waals surface area contributed by atoms with Crippen LogP contribution in [0.15, 0.2) is 53.4 Å². The Labute approximate surface area is 154 Å². The quantitative estimate of drug-likeness (QED) is 0.768. The molecule has 3 rings (SSSR count). The molecule has 1 aliphatic rings. The number of sulfonamides is 1. The summed E-state index contributed by atoms with van der Waals surface area (Å²) in [5.41, 5.74) is 0. The maximum atomic E-state index is 12.6. The average Bonchev–Trinajstić information content (AvgIpc) is 2.60. The summed E-state index contributed by atoms with van der Waals surface area (Å²) in [4.78, 5) is -0.156. The third-order valence-corrected chi connectivity index (χ3v) is 5.63. The predicted octanol–water partition coefficient (Wildman–Crippen LogP) is 3.05. The van der Waals surface area contributed by atoms with Crippen LogP contribution in [0, 0.1) is 0 Å². The Kier molecular flexibility index (Phi) is 5.20. The number of rotatable bonds is 5. The van der Waals surface area contributed by atoms with E-state index in [0.29, 0.717) is 11.5 Å². The standard InChI is InChI=1S/C17H16F3NO5S/c1-21(10-13-11-24-15-4-2-3-5-16(15)25-13)27(22,23)14-8-6-12(7-9-14)26-17(18,19)20/h2-9,13H,10-11H2,1H3/t13-/m1/s1. The molecule has 146 valence electrons. The normalized spacial score (nSPS) is 17.0. The van der Waals surface area contributed by atoms with E-state index in [1.165, 1.54) is 7.05 Å². The van der Waals surface area contributed by atoms with E-state index < -0.39 is 28.2 Å². The van der Waals surface area contributed by atoms with Gasteiger partial charge in [-0.15, -0.1) is 13.2 Å². The third kappa shape index (κ3) is 4.64. The van der Waals surface area contributed by atoms with Crippen molar-refractivity contribution < 1.29 is 35.8 Å². The van der Waals surface area contributed by atoms with Crippen molar-refractivity contribution in [3.8, 4) is 17.2 Å². The minimum atomic E-state index is -4.84. The number of hydrogen-bond acceptors (Lipinski definition) is 5. The summed E-state index contributed by atoms with van der Waals surface area (Å²) in [5, 5.41) is 0. The van der Waals surface area contributed by atoms with Crippen molar-refractivity contribution in [3.63, 3.8) is 0 Å². The molecule has 27 heavy (non-hydrogen) atoms. The van der Waals surface area contributed by atoms with Gasteiger partial charge < -0.3 is 14.2 Å². The van der Waals surface area contributed by atoms with Crippen molar-refractivity contribution >= 4 is 10.0 Å². The summed E-state index contributed by atoms with van der Waals surface area (Å²) in [6.45, 7) is 0.187. The van der Waals surface area contributed by atoms with E-state index in [4.69, 9.17) is 9.47 Å². The summed E-state index contributed by atoms with van der Waals surface area (Å²) in [6.07, 6.45) is -5.36. The van der Waals surface area contributed by atoms with Crippen LogP contribution in [0.4, 0.5) is 13.2 Å². The molecule has 10 heteroatoms. The highest BCUT2D eigenvalue weighted by Crippen LogP contribution is 2.31. The van der Waals surface area contributed by atoms with Crippen LogP contribution in [-0.2, 0) is 10.0 Å². The number of ether oxygens (including phenoxy) is 3. The smallest absolute Gasteiger partial charge is 0.486 e. The Morgan fingerprint density at radius 2 is 1.74 bits per heavy atom. The number of hydrogen-bond donors (Lipinski definition) is 0. The SMILES string of the molecule is CN(C[C@@H]1COc2ccccc2O1)S(=O)(=O)c1ccc(OC(F)(F)F)cc1. The largest absolute Gasteiger partial charge is 0.573 e. The van der Waals surface area contributed by atoms with Crippen molar-refractivity contribution in [1.82, 2.24) is 4.31 Å². The highest BCUT2D eigenvalue weighted by molar-refractivity contribution is 7.89. The highest BCUT2D eigenvalue weighted by atomic mass is 32.2. The average molecular weight is 403 g/mol. The highest BCUT2D eigenvalue weighted by Gasteiger charge is 2.32. The van der Waals surface area contributed by atoms with Crippen LogP contribution in [0.2, 0.25) is 0 Å². The van der Waals surface area contributed by atoms with Gasteiger partial charge in [0.15, 0.2) is 11.5 Å². The summed E-state index contributed by atoms with van der Waals surface area (Å²) >= 11 is 0. The molecule has 0 unspecified atom stereocenters. The predicted molar refractivity (Wildman–Crippen MR) is 89.3 cm³/mol. The maximum absolute atomic E-state index is 12.6. The van der Waals surface area contributed by atoms with Crippen molar-refractivity contribution in [2.45, 2.75) is 17.4 Å². The molecule has 0 radical (unpaired) electrons. The Bertz CT molecular complexity index is 900. The monoisotopic (exact) mass is 403 g/mol. The van der Waals surface area contributed by atoms with Crippen LogP contribution in [0.25, 0.3) is 0 Å². The Hall–Kier alpha value is -2.46. The zero-order chi connectivity index (χ0) is 19.7. The van der Waals surface area contributed by atoms with Crippen molar-refractivity contribution in [2.24, 2.45) is 0 Å². The van der Waals surface area contributed by atoms with Crippen LogP contribution in [0.1, 0.15) is 0 Å². The van der Waals surface area contributed by atoms with Gasteiger partial charge in [0, 0.05) is 7.05 Å². The Balaban J connectivity index is 1.68. The summed E-state index contributed by atoms with van der Waals surface area (Å²) in [7, 11) is -2.55. The van der Waals surface area contributed by atoms with Crippen LogP contribution < -0.4 is 14.2 Å². The molecular formula is C17H16F3NO5S. The molecule has 1 heterocycles. The fraction of sp³-hybridized carbons (Fsp3) is 0.294. The number of fused-ring (bicyclic) bond motifs is 1. The molecule has 1 atom stereocenters. The van der Waals surface area contributed by atoms with Gasteiger partial charge in [-0.3, -0.25) is 0 Å². The fourth-order valence-corrected chi connectivity index (χ4v) is 3.73. The van der Waals surface area contributed by atoms with E-state index in [2.05, 4.69) is 4.74 Å². The molecule has 2 aromatic carbocycles. The van der Waals surface area contributed by atoms with Gasteiger partial charge in [0.1, 0.15) is 18.5 Å². The molecule has 0 saturated heterocycles. The van der Waals surface area contributed by atoms with E-state index >= 15 is 0 Å². The van der Waals surface area contributed by atoms with Crippen LogP contribution >= 0.6 is 0 Å². The molecule has 0 saturated carbocycles. The third-order valence-electron chi connectivity index (χ3n) is 3.79. The molecule has 0 aromatic heterocycles. The zero-order valence-corrected chi connectivity index (χ0v) is 15.0. The number of benzene rings is 2. The van der Waals surface area contributed by atoms with Gasteiger partial charge in [0.25, 0.3) is 0 Å². The minimum Gasteiger partial charge on any atom is -0.486 e. The van der Waals surface area contributed by atoms with Gasteiger partial charge in [0.05, 0.1) is 11.4 Å². The first kappa shape index (κ1) is 19.3. The fourth-order valence-electron chi connectivity index (χ4n) is 2.53. The molecular weight excluding hydrogens is 387 g/mol. The van der Waals surface area contributed by atoms with Gasteiger partial charge in [-0.25, -0.2) is 8.42 Å². The van der Waals surface area contributed by atoms with Crippen LogP contribution in [0.5, 0.6) is 17.2 Å². The number of likely N-dealkylation sites (N-methyl/N-ethyl adjacent to an activating group) is 1. The van der Waals surface area contributed by atoms with E-state index in [0.717, 1.165) is 28.6 Å². The lowest BCUT2D eigenvalue weighted by Gasteiger charge is -2.29. The van der Waals surface area contributed by atoms with E-state index in [1.54, 1.807) is 24.3 Å². The molecule has 0 bridgehead atoms. The first-order chi connectivity index (χ1) is 12.6. The lowest BCUT2D eigenvalue weighted by atomic mass is 10.2. The van der Waals surface area contributed by atoms with Gasteiger partial charge in [-0.1, -0.05) is 12.1 Å². The molecule has 0 amide bonds. The number of halogens is 3. The number of alkyl halides is 3. The summed E-state index contributed by atoms with van der Waals surface area (Å²) in [6, 6.07) is 11.0. The molecule has 0 spiro atoms. The Morgan fingerprint density at radius 1 is 1.11 bits per heavy atom. The van der Waals surface area contributed by atoms with E-state index in [9.17, 15) is 21.6 Å². The van der Waals surface area contributed by atoms with E-state index in [-0.39, 0.29) is 18.0 Å². The van der Waals surface area contributed by atoms with Crippen molar-refractivity contribution in [2.75, 3.05) is 20.2 Å². The second kappa shape index (κ2) is 7.28. The van der Waals surface area contributed by atoms with Crippen molar-refractivity contribution in [1.29, 1.82) is 0 Å². The topological polar surface area (TPSA) is 65.1 Å². The lowest BCUT2D eigenvalue weighted by molar-refractivity contribution is -0.274. The number of nitrogens with zero attached hydrogens (tertiary/aromatic N) is 1. The van der Waals surface area contributed by atoms with Gasteiger partial charge in [0.2, 0.25) is 10.0 Å². The molecule has 0 N–H and O–H groups in total. The van der Waals surface area contributed by atoms with Crippen molar-refractivity contribution in [3.05, 3.63) is 48.5 Å². The second-order valence-corrected chi connectivity index (χ2v) is 7.85. The first-order valence-electron chi connectivity index (χ1n) is 7.86. The minimum absolute atomic E-state index is 0.0114. The molecule has 6 nitrogen and oxygen atoms in total. The van der Waals surface area contributed by atoms with Gasteiger partial charge in [-0.2, -0.15) is 4.31 Å². The molecule has 0 aliphatic carbocycles. The second-order valence-electron chi connectivity index (χ2n) is 5.80. The van der Waals surface area contributed by atoms with Gasteiger partial charge in [-0.05, 0) is 36.4 Å². The molecule has 2 aromatic rings. The Morgan fingerprint density at radius 3 is 2.37 bits per heavy atom. The van der Waals surface area contributed by atoms with Crippen LogP contribution in [0.3, 0.4) is 0 Å². The molecule has 0 fully saturated rings. The summed E-state index contributed by atoms with van der Waals surface area (Å²) < 4.78 is 77.9. The maximum Gasteiger partial charge on any atom is 0.573 e.